The number of carbonyl (C=O) groups is 2. The fraction of sp³-hybridized carbons (Fsp3) is 0. The second-order valence-electron chi connectivity index (χ2n) is 2.14. The Morgan fingerprint density at radius 2 is 2.15 bits per heavy atom. The van der Waals surface area contributed by atoms with E-state index in [1.54, 1.807) is 12.1 Å². The third-order valence-corrected chi connectivity index (χ3v) is 1.63. The first-order chi connectivity index (χ1) is 6.09. The Kier molecular flexibility index (Phi) is 3.02. The van der Waals surface area contributed by atoms with Gasteiger partial charge in [-0.25, -0.2) is 4.79 Å². The van der Waals surface area contributed by atoms with Gasteiger partial charge >= 0.3 is 5.97 Å². The number of carboxylic acid groups (broad SMARTS) is 1. The number of ketones is 1. The minimum absolute atomic E-state index is 0.418. The lowest BCUT2D eigenvalue weighted by Gasteiger charge is -1.83. The smallest absolute Gasteiger partial charge is 0.376 e. The van der Waals surface area contributed by atoms with Crippen molar-refractivity contribution in [3.63, 3.8) is 0 Å². The van der Waals surface area contributed by atoms with Crippen LogP contribution in [0.1, 0.15) is 5.76 Å². The molecule has 1 aromatic heterocycles. The highest BCUT2D eigenvalue weighted by Crippen LogP contribution is 2.14. The Labute approximate surface area is 82.0 Å². The fourth-order valence-corrected chi connectivity index (χ4v) is 0.966. The molecule has 1 aromatic rings. The first kappa shape index (κ1) is 9.73. The van der Waals surface area contributed by atoms with Crippen LogP contribution in [0.4, 0.5) is 0 Å². The molecular weight excluding hydrogens is 240 g/mol. The van der Waals surface area contributed by atoms with Gasteiger partial charge in [-0.15, -0.1) is 0 Å². The molecule has 0 saturated carbocycles. The molecule has 0 fully saturated rings. The van der Waals surface area contributed by atoms with Crippen molar-refractivity contribution in [2.75, 3.05) is 0 Å². The van der Waals surface area contributed by atoms with E-state index in [4.69, 9.17) is 9.52 Å². The first-order valence-electron chi connectivity index (χ1n) is 3.30. The highest BCUT2D eigenvalue weighted by atomic mass is 79.9. The van der Waals surface area contributed by atoms with Gasteiger partial charge in [-0.05, 0) is 40.2 Å². The Balaban J connectivity index is 2.69. The minimum atomic E-state index is -1.48. The zero-order valence-corrected chi connectivity index (χ0v) is 7.95. The van der Waals surface area contributed by atoms with E-state index in [0.717, 1.165) is 6.08 Å². The van der Waals surface area contributed by atoms with Crippen molar-refractivity contribution in [1.29, 1.82) is 0 Å². The van der Waals surface area contributed by atoms with Crippen LogP contribution in [0.3, 0.4) is 0 Å². The van der Waals surface area contributed by atoms with Gasteiger partial charge < -0.3 is 9.52 Å². The Morgan fingerprint density at radius 1 is 1.46 bits per heavy atom. The zero-order chi connectivity index (χ0) is 9.84. The van der Waals surface area contributed by atoms with Gasteiger partial charge in [0.2, 0.25) is 0 Å². The molecule has 0 aliphatic heterocycles. The lowest BCUT2D eigenvalue weighted by Crippen LogP contribution is -2.08. The lowest BCUT2D eigenvalue weighted by atomic mass is 10.3. The molecule has 0 spiro atoms. The number of hydrogen-bond acceptors (Lipinski definition) is 3. The summed E-state index contributed by atoms with van der Waals surface area (Å²) in [6.45, 7) is 0. The molecule has 13 heavy (non-hydrogen) atoms. The maximum atomic E-state index is 10.6. The molecule has 68 valence electrons. The molecule has 0 aromatic carbocycles. The highest BCUT2D eigenvalue weighted by Gasteiger charge is 2.05. The average Bonchev–Trinajstić information content (AvgIpc) is 2.47. The van der Waals surface area contributed by atoms with E-state index in [2.05, 4.69) is 15.9 Å². The van der Waals surface area contributed by atoms with Gasteiger partial charge in [0.15, 0.2) is 4.67 Å². The molecule has 0 saturated heterocycles. The molecule has 5 heteroatoms. The largest absolute Gasteiger partial charge is 0.475 e. The molecule has 1 N–H and O–H groups in total. The molecule has 0 aliphatic rings. The average molecular weight is 245 g/mol. The van der Waals surface area contributed by atoms with E-state index in [9.17, 15) is 9.59 Å². The molecule has 0 radical (unpaired) electrons. The van der Waals surface area contributed by atoms with E-state index < -0.39 is 11.8 Å². The number of carbonyl (C=O) groups excluding carboxylic acids is 1. The van der Waals surface area contributed by atoms with Crippen molar-refractivity contribution in [2.24, 2.45) is 0 Å². The summed E-state index contributed by atoms with van der Waals surface area (Å²) >= 11 is 3.07. The molecule has 1 rings (SSSR count). The van der Waals surface area contributed by atoms with Crippen molar-refractivity contribution < 1.29 is 19.1 Å². The van der Waals surface area contributed by atoms with Gasteiger partial charge in [0.05, 0.1) is 0 Å². The van der Waals surface area contributed by atoms with E-state index in [0.29, 0.717) is 10.4 Å². The van der Waals surface area contributed by atoms with Crippen molar-refractivity contribution in [1.82, 2.24) is 0 Å². The predicted octanol–water partition coefficient (Wildman–Crippen LogP) is 1.71. The van der Waals surface area contributed by atoms with Gasteiger partial charge in [0.1, 0.15) is 5.76 Å². The molecule has 0 bridgehead atoms. The number of halogens is 1. The van der Waals surface area contributed by atoms with Crippen LogP contribution >= 0.6 is 15.9 Å². The summed E-state index contributed by atoms with van der Waals surface area (Å²) < 4.78 is 5.52. The van der Waals surface area contributed by atoms with Crippen molar-refractivity contribution >= 4 is 33.8 Å². The molecule has 0 amide bonds. The van der Waals surface area contributed by atoms with Gasteiger partial charge in [-0.2, -0.15) is 0 Å². The highest BCUT2D eigenvalue weighted by molar-refractivity contribution is 9.10. The van der Waals surface area contributed by atoms with Crippen LogP contribution in [0.5, 0.6) is 0 Å². The maximum Gasteiger partial charge on any atom is 0.376 e. The Hall–Kier alpha value is -1.36. The molecule has 0 aliphatic carbocycles. The second kappa shape index (κ2) is 4.04. The number of aliphatic carboxylic acids is 1. The van der Waals surface area contributed by atoms with Crippen LogP contribution in [0.15, 0.2) is 27.3 Å². The number of furan rings is 1. The Bertz CT molecular complexity index is 364. The summed E-state index contributed by atoms with van der Waals surface area (Å²) in [7, 11) is 0. The standard InChI is InChI=1S/C8H5BrO4/c9-7-4-2-5(13-7)1-3-6(10)8(11)12/h1-4H,(H,11,12)/b3-1+. The van der Waals surface area contributed by atoms with E-state index in [1.807, 2.05) is 0 Å². The normalized spacial score (nSPS) is 10.5. The zero-order valence-electron chi connectivity index (χ0n) is 6.36. The lowest BCUT2D eigenvalue weighted by molar-refractivity contribution is -0.146. The van der Waals surface area contributed by atoms with E-state index >= 15 is 0 Å². The van der Waals surface area contributed by atoms with E-state index in [-0.39, 0.29) is 0 Å². The van der Waals surface area contributed by atoms with Gasteiger partial charge in [-0.3, -0.25) is 4.79 Å². The van der Waals surface area contributed by atoms with E-state index in [1.165, 1.54) is 6.08 Å². The molecule has 0 unspecified atom stereocenters. The summed E-state index contributed by atoms with van der Waals surface area (Å²) in [5.41, 5.74) is 0. The summed E-state index contributed by atoms with van der Waals surface area (Å²) in [6, 6.07) is 3.25. The molecule has 1 heterocycles. The van der Waals surface area contributed by atoms with Gasteiger partial charge in [0.25, 0.3) is 5.78 Å². The summed E-state index contributed by atoms with van der Waals surface area (Å²) in [5, 5.41) is 8.22. The summed E-state index contributed by atoms with van der Waals surface area (Å²) in [4.78, 5) is 20.7. The van der Waals surface area contributed by atoms with Crippen LogP contribution in [-0.2, 0) is 9.59 Å². The third kappa shape index (κ3) is 2.87. The van der Waals surface area contributed by atoms with Crippen LogP contribution in [-0.4, -0.2) is 16.9 Å². The third-order valence-electron chi connectivity index (χ3n) is 1.20. The minimum Gasteiger partial charge on any atom is -0.475 e. The summed E-state index contributed by atoms with van der Waals surface area (Å²) in [5.74, 6) is -2.05. The topological polar surface area (TPSA) is 67.5 Å². The van der Waals surface area contributed by atoms with Crippen molar-refractivity contribution in [3.8, 4) is 0 Å². The molecule has 0 atom stereocenters. The number of rotatable bonds is 3. The van der Waals surface area contributed by atoms with Crippen LogP contribution < -0.4 is 0 Å². The SMILES string of the molecule is O=C(O)C(=O)/C=C/c1ccc(Br)o1. The molecular formula is C8H5BrO4. The monoisotopic (exact) mass is 244 g/mol. The fourth-order valence-electron chi connectivity index (χ4n) is 0.647. The maximum absolute atomic E-state index is 10.6. The van der Waals surface area contributed by atoms with Crippen LogP contribution in [0.2, 0.25) is 0 Å². The second-order valence-corrected chi connectivity index (χ2v) is 2.93. The van der Waals surface area contributed by atoms with Crippen LogP contribution in [0.25, 0.3) is 6.08 Å². The summed E-state index contributed by atoms with van der Waals surface area (Å²) in [6.07, 6.45) is 2.23. The van der Waals surface area contributed by atoms with Gasteiger partial charge in [-0.1, -0.05) is 0 Å². The van der Waals surface area contributed by atoms with Gasteiger partial charge in [0, 0.05) is 0 Å². The number of hydrogen-bond donors (Lipinski definition) is 1. The predicted molar refractivity (Wildman–Crippen MR) is 48.1 cm³/mol. The Morgan fingerprint density at radius 3 is 2.62 bits per heavy atom. The van der Waals surface area contributed by atoms with Crippen LogP contribution in [0, 0.1) is 0 Å². The van der Waals surface area contributed by atoms with Crippen molar-refractivity contribution in [2.45, 2.75) is 0 Å². The van der Waals surface area contributed by atoms with Crippen molar-refractivity contribution in [3.05, 3.63) is 28.6 Å². The molecule has 4 nitrogen and oxygen atoms in total. The number of carboxylic acids is 1. The first-order valence-corrected chi connectivity index (χ1v) is 4.09. The quantitative estimate of drug-likeness (QED) is 0.650.